The minimum atomic E-state index is 0.177. The molecule has 1 aromatic heterocycles. The molecule has 1 N–H and O–H groups in total. The molecule has 4 heteroatoms. The summed E-state index contributed by atoms with van der Waals surface area (Å²) < 4.78 is 0.834. The van der Waals surface area contributed by atoms with Gasteiger partial charge in [0, 0.05) is 24.4 Å². The highest BCUT2D eigenvalue weighted by Crippen LogP contribution is 2.23. The van der Waals surface area contributed by atoms with Crippen molar-refractivity contribution in [2.45, 2.75) is 33.2 Å². The molecule has 0 bridgehead atoms. The number of nitrogens with one attached hydrogen (secondary N) is 1. The topological polar surface area (TPSA) is 35.8 Å². The van der Waals surface area contributed by atoms with Crippen molar-refractivity contribution in [2.24, 2.45) is 5.41 Å². The summed E-state index contributed by atoms with van der Waals surface area (Å²) in [5.74, 6) is 0. The molecular weight excluding hydrogens is 240 g/mol. The number of rotatable bonds is 6. The van der Waals surface area contributed by atoms with Gasteiger partial charge in [0.25, 0.3) is 0 Å². The largest absolute Gasteiger partial charge is 0.311 e. The van der Waals surface area contributed by atoms with Crippen molar-refractivity contribution in [3.05, 3.63) is 21.3 Å². The number of hydrogen-bond acceptors (Lipinski definition) is 3. The lowest BCUT2D eigenvalue weighted by molar-refractivity contribution is 0.318. The zero-order valence-electron chi connectivity index (χ0n) is 9.72. The molecule has 1 heterocycles. The molecule has 0 spiro atoms. The summed E-state index contributed by atoms with van der Waals surface area (Å²) in [6, 6.07) is 6.16. The van der Waals surface area contributed by atoms with Crippen LogP contribution in [0, 0.1) is 16.7 Å². The summed E-state index contributed by atoms with van der Waals surface area (Å²) in [5, 5.41) is 12.0. The highest BCUT2D eigenvalue weighted by molar-refractivity contribution is 7.16. The predicted octanol–water partition coefficient (Wildman–Crippen LogP) is 3.82. The average molecular weight is 257 g/mol. The molecule has 0 saturated carbocycles. The molecule has 0 amide bonds. The van der Waals surface area contributed by atoms with Crippen molar-refractivity contribution >= 4 is 22.9 Å². The van der Waals surface area contributed by atoms with Crippen LogP contribution in [-0.4, -0.2) is 6.54 Å². The van der Waals surface area contributed by atoms with Gasteiger partial charge in [-0.1, -0.05) is 25.4 Å². The van der Waals surface area contributed by atoms with Crippen molar-refractivity contribution in [3.8, 4) is 6.07 Å². The van der Waals surface area contributed by atoms with Crippen molar-refractivity contribution in [1.29, 1.82) is 5.26 Å². The van der Waals surface area contributed by atoms with Gasteiger partial charge >= 0.3 is 0 Å². The molecule has 0 aromatic carbocycles. The van der Waals surface area contributed by atoms with E-state index in [0.29, 0.717) is 6.42 Å². The van der Waals surface area contributed by atoms with Gasteiger partial charge in [-0.15, -0.1) is 11.3 Å². The maximum absolute atomic E-state index is 8.55. The Morgan fingerprint density at radius 3 is 2.81 bits per heavy atom. The van der Waals surface area contributed by atoms with Gasteiger partial charge in [0.2, 0.25) is 0 Å². The van der Waals surface area contributed by atoms with E-state index in [1.807, 2.05) is 12.1 Å². The minimum absolute atomic E-state index is 0.177. The van der Waals surface area contributed by atoms with E-state index in [4.69, 9.17) is 16.9 Å². The summed E-state index contributed by atoms with van der Waals surface area (Å²) in [7, 11) is 0. The van der Waals surface area contributed by atoms with E-state index in [1.54, 1.807) is 11.3 Å². The Balaban J connectivity index is 2.27. The maximum atomic E-state index is 8.55. The Morgan fingerprint density at radius 1 is 1.50 bits per heavy atom. The third-order valence-corrected chi connectivity index (χ3v) is 3.68. The van der Waals surface area contributed by atoms with E-state index in [1.165, 1.54) is 4.88 Å². The van der Waals surface area contributed by atoms with E-state index < -0.39 is 0 Å². The summed E-state index contributed by atoms with van der Waals surface area (Å²) >= 11 is 7.46. The van der Waals surface area contributed by atoms with Crippen LogP contribution < -0.4 is 5.32 Å². The fraction of sp³-hybridized carbons (Fsp3) is 0.583. The maximum Gasteiger partial charge on any atom is 0.0931 e. The van der Waals surface area contributed by atoms with Crippen LogP contribution in [0.15, 0.2) is 12.1 Å². The van der Waals surface area contributed by atoms with Gasteiger partial charge in [0.1, 0.15) is 0 Å². The smallest absolute Gasteiger partial charge is 0.0931 e. The zero-order chi connectivity index (χ0) is 12.0. The molecule has 0 aliphatic rings. The van der Waals surface area contributed by atoms with Crippen LogP contribution in [0.2, 0.25) is 4.34 Å². The second-order valence-corrected chi connectivity index (χ2v) is 6.43. The normalized spacial score (nSPS) is 11.4. The van der Waals surface area contributed by atoms with Crippen LogP contribution in [0.4, 0.5) is 0 Å². The summed E-state index contributed by atoms with van der Waals surface area (Å²) in [5.41, 5.74) is 0.177. The molecule has 0 radical (unpaired) electrons. The number of nitrogens with zero attached hydrogens (tertiary/aromatic N) is 1. The Labute approximate surface area is 106 Å². The zero-order valence-corrected chi connectivity index (χ0v) is 11.3. The summed E-state index contributed by atoms with van der Waals surface area (Å²) in [6.45, 7) is 6.13. The quantitative estimate of drug-likeness (QED) is 0.840. The first kappa shape index (κ1) is 13.5. The van der Waals surface area contributed by atoms with Crippen LogP contribution in [0.3, 0.4) is 0 Å². The first-order chi connectivity index (χ1) is 7.53. The molecule has 0 unspecified atom stereocenters. The molecule has 2 nitrogen and oxygen atoms in total. The van der Waals surface area contributed by atoms with Crippen molar-refractivity contribution in [3.63, 3.8) is 0 Å². The highest BCUT2D eigenvalue weighted by atomic mass is 35.5. The molecule has 0 saturated heterocycles. The molecule has 0 fully saturated rings. The van der Waals surface area contributed by atoms with Gasteiger partial charge in [-0.2, -0.15) is 5.26 Å². The first-order valence-corrected chi connectivity index (χ1v) is 6.55. The van der Waals surface area contributed by atoms with Crippen LogP contribution >= 0.6 is 22.9 Å². The molecule has 16 heavy (non-hydrogen) atoms. The van der Waals surface area contributed by atoms with E-state index in [0.717, 1.165) is 23.8 Å². The minimum Gasteiger partial charge on any atom is -0.311 e. The number of thiophene rings is 1. The van der Waals surface area contributed by atoms with Crippen molar-refractivity contribution in [2.75, 3.05) is 6.54 Å². The SMILES string of the molecule is CC(C)(CCC#N)CNCc1ccc(Cl)s1. The van der Waals surface area contributed by atoms with Gasteiger partial charge < -0.3 is 5.32 Å². The molecular formula is C12H17ClN2S. The molecule has 0 aliphatic heterocycles. The third-order valence-electron chi connectivity index (χ3n) is 2.45. The lowest BCUT2D eigenvalue weighted by Gasteiger charge is -2.23. The molecule has 88 valence electrons. The molecule has 1 aromatic rings. The second kappa shape index (κ2) is 6.24. The predicted molar refractivity (Wildman–Crippen MR) is 69.7 cm³/mol. The van der Waals surface area contributed by atoms with Gasteiger partial charge in [-0.05, 0) is 24.0 Å². The van der Waals surface area contributed by atoms with Gasteiger partial charge in [-0.3, -0.25) is 0 Å². The Hall–Kier alpha value is -0.560. The Kier molecular flexibility index (Phi) is 5.27. The lowest BCUT2D eigenvalue weighted by atomic mass is 9.88. The lowest BCUT2D eigenvalue weighted by Crippen LogP contribution is -2.28. The first-order valence-electron chi connectivity index (χ1n) is 5.35. The standard InChI is InChI=1S/C12H17ClN2S/c1-12(2,6-3-7-14)9-15-8-10-4-5-11(13)16-10/h4-5,15H,3,6,8-9H2,1-2H3. The molecule has 1 rings (SSSR count). The Morgan fingerprint density at radius 2 is 2.25 bits per heavy atom. The molecule has 0 atom stereocenters. The Bertz CT molecular complexity index is 365. The third kappa shape index (κ3) is 4.98. The van der Waals surface area contributed by atoms with Crippen LogP contribution in [0.25, 0.3) is 0 Å². The number of hydrogen-bond donors (Lipinski definition) is 1. The van der Waals surface area contributed by atoms with Crippen LogP contribution in [0.1, 0.15) is 31.6 Å². The van der Waals surface area contributed by atoms with Crippen molar-refractivity contribution < 1.29 is 0 Å². The van der Waals surface area contributed by atoms with Crippen molar-refractivity contribution in [1.82, 2.24) is 5.32 Å². The fourth-order valence-corrected chi connectivity index (χ4v) is 2.51. The number of halogens is 1. The van der Waals surface area contributed by atoms with Crippen LogP contribution in [-0.2, 0) is 6.54 Å². The van der Waals surface area contributed by atoms with Gasteiger partial charge in [0.05, 0.1) is 10.4 Å². The monoisotopic (exact) mass is 256 g/mol. The van der Waals surface area contributed by atoms with E-state index in [-0.39, 0.29) is 5.41 Å². The fourth-order valence-electron chi connectivity index (χ4n) is 1.45. The summed E-state index contributed by atoms with van der Waals surface area (Å²) in [6.07, 6.45) is 1.56. The number of nitriles is 1. The van der Waals surface area contributed by atoms with Crippen LogP contribution in [0.5, 0.6) is 0 Å². The van der Waals surface area contributed by atoms with Gasteiger partial charge in [0.15, 0.2) is 0 Å². The van der Waals surface area contributed by atoms with E-state index in [2.05, 4.69) is 25.2 Å². The molecule has 0 aliphatic carbocycles. The van der Waals surface area contributed by atoms with E-state index in [9.17, 15) is 0 Å². The average Bonchev–Trinajstić information content (AvgIpc) is 2.61. The summed E-state index contributed by atoms with van der Waals surface area (Å²) in [4.78, 5) is 1.25. The second-order valence-electron chi connectivity index (χ2n) is 4.63. The van der Waals surface area contributed by atoms with E-state index >= 15 is 0 Å². The van der Waals surface area contributed by atoms with Gasteiger partial charge in [-0.25, -0.2) is 0 Å². The highest BCUT2D eigenvalue weighted by Gasteiger charge is 2.16.